The van der Waals surface area contributed by atoms with Crippen molar-refractivity contribution in [3.05, 3.63) is 160 Å². The van der Waals surface area contributed by atoms with Crippen molar-refractivity contribution in [2.45, 2.75) is 64.3 Å². The molecule has 540 valence electrons. The Hall–Kier alpha value is -9.76. The molecule has 0 aliphatic heterocycles. The summed E-state index contributed by atoms with van der Waals surface area (Å²) in [7, 11) is 22.9. The molecule has 7 aromatic heterocycles. The minimum absolute atomic E-state index is 0. The number of aryl methyl sites for hydroxylation is 1. The Balaban J connectivity index is -0.000000340. The zero-order valence-electron chi connectivity index (χ0n) is 53.0. The van der Waals surface area contributed by atoms with E-state index in [1.165, 1.54) is 59.4 Å². The second-order valence-electron chi connectivity index (χ2n) is 18.1. The van der Waals surface area contributed by atoms with Crippen molar-refractivity contribution in [1.82, 2.24) is 49.6 Å². The zero-order valence-corrected chi connectivity index (χ0v) is 57.7. The molecule has 0 amide bonds. The van der Waals surface area contributed by atoms with E-state index in [9.17, 15) is 50.6 Å². The number of anilines is 2. The highest BCUT2D eigenvalue weighted by Gasteiger charge is 2.26. The number of halogens is 3. The van der Waals surface area contributed by atoms with E-state index in [0.29, 0.717) is 52.9 Å². The predicted molar refractivity (Wildman–Crippen MR) is 387 cm³/mol. The Morgan fingerprint density at radius 1 is 0.474 bits per heavy atom. The molecular weight excluding hydrogens is 1470 g/mol. The number of H-pyrrole nitrogens is 1. The topological polar surface area (TPSA) is 444 Å². The van der Waals surface area contributed by atoms with Gasteiger partial charge in [0, 0.05) is 104 Å². The van der Waals surface area contributed by atoms with Crippen LogP contribution in [0.1, 0.15) is 65.0 Å². The zero-order chi connectivity index (χ0) is 70.3. The van der Waals surface area contributed by atoms with Crippen LogP contribution < -0.4 is 39.9 Å². The third-order valence-corrected chi connectivity index (χ3v) is 13.5. The average Bonchev–Trinajstić information content (AvgIpc) is 0.953. The van der Waals surface area contributed by atoms with Gasteiger partial charge in [0.15, 0.2) is 5.75 Å². The summed E-state index contributed by atoms with van der Waals surface area (Å²) in [6.07, 6.45) is 17.1. The third kappa shape index (κ3) is 29.0. The fourth-order valence-electron chi connectivity index (χ4n) is 6.91. The summed E-state index contributed by atoms with van der Waals surface area (Å²) in [5.74, 6) is 1.55. The number of ether oxygens (including phenoxy) is 8. The predicted octanol–water partition coefficient (Wildman–Crippen LogP) is 13.3. The van der Waals surface area contributed by atoms with Gasteiger partial charge < -0.3 is 64.1 Å². The van der Waals surface area contributed by atoms with Crippen molar-refractivity contribution in [2.75, 3.05) is 111 Å². The lowest BCUT2D eigenvalue weighted by atomic mass is 10.2. The van der Waals surface area contributed by atoms with Crippen molar-refractivity contribution in [3.8, 4) is 35.0 Å². The summed E-state index contributed by atoms with van der Waals surface area (Å²) in [6, 6.07) is 3.48. The molecule has 0 spiro atoms. The highest BCUT2D eigenvalue weighted by molar-refractivity contribution is 9.11. The number of hydrogen-bond acceptors (Lipinski definition) is 29. The van der Waals surface area contributed by atoms with Gasteiger partial charge in [0.1, 0.15) is 16.8 Å². The monoisotopic (exact) mass is 1560 g/mol. The second kappa shape index (κ2) is 48.0. The highest BCUT2D eigenvalue weighted by Crippen LogP contribution is 2.38. The van der Waals surface area contributed by atoms with Gasteiger partial charge in [0.25, 0.3) is 17.6 Å². The number of rotatable bonds is 18. The van der Waals surface area contributed by atoms with E-state index in [1.54, 1.807) is 95.8 Å². The second-order valence-corrected chi connectivity index (χ2v) is 20.6. The number of aromatic nitrogens is 7. The van der Waals surface area contributed by atoms with Gasteiger partial charge in [-0.1, -0.05) is 37.1 Å². The number of nitrogen functional groups attached to an aromatic ring is 2. The summed E-state index contributed by atoms with van der Waals surface area (Å²) in [6.45, 7) is 4.86. The normalized spacial score (nSPS) is 9.71. The van der Waals surface area contributed by atoms with E-state index in [2.05, 4.69) is 82.7 Å². The van der Waals surface area contributed by atoms with Crippen LogP contribution in [0.25, 0.3) is 23.1 Å². The average molecular weight is 1570 g/mol. The number of nitrogens with zero attached hydrogens (tertiary/aromatic N) is 14. The van der Waals surface area contributed by atoms with Crippen LogP contribution >= 0.6 is 47.8 Å². The summed E-state index contributed by atoms with van der Waals surface area (Å²) in [4.78, 5) is 82.1. The van der Waals surface area contributed by atoms with Crippen LogP contribution in [0.3, 0.4) is 0 Å². The van der Waals surface area contributed by atoms with Crippen molar-refractivity contribution >= 4 is 111 Å². The molecule has 0 aliphatic rings. The minimum atomic E-state index is -0.539. The SMILES string of the molecule is C.C.C.C.C.COC(OC)N(C)C.COc1cnc(OC)c([N+](=O)[O-])c1/C=C/N(C)C.COc1cnc(OC)c2[nH]ccc12.COc1ncc(Br)c(/C=C/N(C)C)c1[N+](=O)[O-].COc1ncc(Br)c(C)c1[N+](=O)[O-].Cc1c(Br)cnc(N)c1[N+](=O)[O-].Cc1ccnc(N)c1[N+](=O)[O-]. The van der Waals surface area contributed by atoms with Crippen LogP contribution in [0.5, 0.6) is 35.0 Å². The first-order valence-electron chi connectivity index (χ1n) is 25.6. The molecule has 0 aliphatic carbocycles. The molecule has 5 N–H and O–H groups in total. The van der Waals surface area contributed by atoms with E-state index in [-0.39, 0.29) is 101 Å². The van der Waals surface area contributed by atoms with Crippen LogP contribution in [0.4, 0.5) is 40.1 Å². The van der Waals surface area contributed by atoms with Crippen LogP contribution in [0.2, 0.25) is 0 Å². The van der Waals surface area contributed by atoms with Crippen molar-refractivity contribution in [1.29, 1.82) is 0 Å². The molecule has 7 aromatic rings. The Bertz CT molecular complexity index is 3620. The number of nitrogens with two attached hydrogens (primary N) is 2. The number of aromatic amines is 1. The number of nitro groups is 5. The molecule has 0 atom stereocenters. The van der Waals surface area contributed by atoms with E-state index < -0.39 is 24.6 Å². The lowest BCUT2D eigenvalue weighted by Gasteiger charge is -2.19. The van der Waals surface area contributed by atoms with E-state index in [0.717, 1.165) is 16.7 Å². The first kappa shape index (κ1) is 95.9. The molecule has 7 heterocycles. The van der Waals surface area contributed by atoms with Crippen molar-refractivity contribution < 1.29 is 62.5 Å². The van der Waals surface area contributed by atoms with E-state index >= 15 is 0 Å². The van der Waals surface area contributed by atoms with E-state index in [4.69, 9.17) is 49.4 Å². The first-order chi connectivity index (χ1) is 43.3. The fourth-order valence-corrected chi connectivity index (χ4v) is 7.92. The molecule has 35 nitrogen and oxygen atoms in total. The highest BCUT2D eigenvalue weighted by atomic mass is 79.9. The van der Waals surface area contributed by atoms with Crippen molar-refractivity contribution in [3.63, 3.8) is 0 Å². The minimum Gasteiger partial charge on any atom is -0.494 e. The molecule has 38 heteroatoms. The lowest BCUT2D eigenvalue weighted by molar-refractivity contribution is -0.386. The summed E-state index contributed by atoms with van der Waals surface area (Å²) >= 11 is 9.52. The number of nitrogens with one attached hydrogen (secondary N) is 1. The van der Waals surface area contributed by atoms with Gasteiger partial charge in [-0.3, -0.25) is 55.5 Å². The molecule has 0 unspecified atom stereocenters. The van der Waals surface area contributed by atoms with Gasteiger partial charge in [-0.2, -0.15) is 0 Å². The van der Waals surface area contributed by atoms with Gasteiger partial charge in [-0.15, -0.1) is 0 Å². The largest absolute Gasteiger partial charge is 0.494 e. The summed E-state index contributed by atoms with van der Waals surface area (Å²) < 4.78 is 41.3. The van der Waals surface area contributed by atoms with Gasteiger partial charge in [0.2, 0.25) is 23.9 Å². The van der Waals surface area contributed by atoms with Crippen LogP contribution in [0, 0.1) is 71.3 Å². The Kier molecular flexibility index (Phi) is 47.5. The van der Waals surface area contributed by atoms with Crippen LogP contribution in [0.15, 0.2) is 81.3 Å². The molecule has 7 rings (SSSR count). The van der Waals surface area contributed by atoms with Gasteiger partial charge >= 0.3 is 28.4 Å². The molecule has 0 fully saturated rings. The maximum atomic E-state index is 11.1. The number of pyridine rings is 6. The number of fused-ring (bicyclic) bond motifs is 1. The van der Waals surface area contributed by atoms with Crippen LogP contribution in [-0.2, 0) is 9.47 Å². The molecule has 0 saturated carbocycles. The Labute approximate surface area is 589 Å². The fraction of sp³-hybridized carbons (Fsp3) is 0.390. The summed E-state index contributed by atoms with van der Waals surface area (Å²) in [5, 5.41) is 54.5. The molecular formula is C59H90Br3N17O18. The first-order valence-corrected chi connectivity index (χ1v) is 28.0. The quantitative estimate of drug-likeness (QED) is 0.0408. The Morgan fingerprint density at radius 3 is 1.22 bits per heavy atom. The Morgan fingerprint density at radius 2 is 0.845 bits per heavy atom. The molecule has 0 aromatic carbocycles. The van der Waals surface area contributed by atoms with Gasteiger partial charge in [-0.25, -0.2) is 29.9 Å². The smallest absolute Gasteiger partial charge is 0.341 e. The standard InChI is InChI=1S/C11H15N3O4.C10H12BrN3O3.C9H10N2O2.C7H7BrN2O3.C6H6BrN3O2.C6H7N3O2.C5H13NO2.5CH4/c1-13(2)6-5-8-9(17-3)7-12-11(18-4)10(8)14(15)16;1-13(2)5-4-7-8(11)6-12-10(17-3)9(7)14(15)16;1-12-7-5-11-9(13-2)8-6(7)3-4-10-8;1-4-5(8)3-9-7(13-2)6(4)10(11)12;1-3-4(7)2-9-6(8)5(3)10(11)12;1-4-2-3-8-6(7)5(4)9(10)11;1-6(2)5(7-3)8-4;;;;;/h5-7H,1-4H3;4-6H,1-3H3;3-5,10H,1-2H3;3H,1-2H3;2H,1H3,(H2,8,9);2-3H,1H3,(H2,7,8);5H,1-4H3;5*1H4/b6-5+;5-4+;;;;;;;;;;. The number of hydrogen-bond donors (Lipinski definition) is 3. The molecule has 0 saturated heterocycles. The van der Waals surface area contributed by atoms with Crippen molar-refractivity contribution in [2.24, 2.45) is 0 Å². The summed E-state index contributed by atoms with van der Waals surface area (Å²) in [5.41, 5.74) is 13.0. The van der Waals surface area contributed by atoms with Gasteiger partial charge in [0.05, 0.1) is 89.7 Å². The lowest BCUT2D eigenvalue weighted by Crippen LogP contribution is -2.30. The third-order valence-electron chi connectivity index (χ3n) is 11.2. The molecule has 97 heavy (non-hydrogen) atoms. The molecule has 0 bridgehead atoms. The van der Waals surface area contributed by atoms with Gasteiger partial charge in [-0.05, 0) is 119 Å². The number of methoxy groups -OCH3 is 8. The maximum absolute atomic E-state index is 11.1. The molecule has 0 radical (unpaired) electrons. The van der Waals surface area contributed by atoms with Crippen LogP contribution in [-0.4, -0.2) is 180 Å². The van der Waals surface area contributed by atoms with E-state index in [1.807, 2.05) is 59.4 Å². The maximum Gasteiger partial charge on any atom is 0.341 e.